The molecule has 1 saturated heterocycles. The van der Waals surface area contributed by atoms with Gasteiger partial charge >= 0.3 is 12.1 Å². The van der Waals surface area contributed by atoms with Crippen LogP contribution in [0.3, 0.4) is 0 Å². The lowest BCUT2D eigenvalue weighted by Gasteiger charge is -2.36. The van der Waals surface area contributed by atoms with Crippen LogP contribution in [-0.2, 0) is 19.1 Å². The molecule has 1 saturated carbocycles. The summed E-state index contributed by atoms with van der Waals surface area (Å²) in [5.74, 6) is -5.80. The van der Waals surface area contributed by atoms with Crippen molar-refractivity contribution in [3.63, 3.8) is 0 Å². The molecule has 0 aromatic carbocycles. The maximum atomic E-state index is 12.9. The van der Waals surface area contributed by atoms with Gasteiger partial charge in [0.1, 0.15) is 5.60 Å². The summed E-state index contributed by atoms with van der Waals surface area (Å²) in [7, 11) is 0. The number of carbonyl (C=O) groups excluding carboxylic acids is 3. The first-order chi connectivity index (χ1) is 10.9. The Labute approximate surface area is 142 Å². The molecule has 1 N–H and O–H groups in total. The van der Waals surface area contributed by atoms with E-state index in [9.17, 15) is 27.6 Å². The van der Waals surface area contributed by atoms with Crippen LogP contribution in [0.15, 0.2) is 0 Å². The second-order valence-electron chi connectivity index (χ2n) is 6.94. The number of esters is 1. The Morgan fingerprint density at radius 2 is 1.92 bits per heavy atom. The molecule has 9 heteroatoms. The zero-order valence-electron chi connectivity index (χ0n) is 13.3. The lowest BCUT2D eigenvalue weighted by molar-refractivity contribution is -0.184. The number of carbonyl (C=O) groups is 3. The summed E-state index contributed by atoms with van der Waals surface area (Å²) in [5, 5.41) is 1.34. The van der Waals surface area contributed by atoms with Gasteiger partial charge in [0.05, 0.1) is 5.92 Å². The Bertz CT molecular complexity index is 529. The average Bonchev–Trinajstić information content (AvgIpc) is 2.37. The molecule has 4 atom stereocenters. The third-order valence-electron chi connectivity index (χ3n) is 4.33. The number of Topliss-reactive ketones (excluding diaryl/α,β-unsaturated/α-hetero) is 1. The van der Waals surface area contributed by atoms with Crippen molar-refractivity contribution in [3.05, 3.63) is 0 Å². The molecule has 4 unspecified atom stereocenters. The van der Waals surface area contributed by atoms with Gasteiger partial charge in [-0.05, 0) is 33.1 Å². The molecule has 1 aliphatic carbocycles. The maximum absolute atomic E-state index is 12.9. The predicted molar refractivity (Wildman–Crippen MR) is 78.3 cm³/mol. The first-order valence-electron chi connectivity index (χ1n) is 7.67. The average molecular weight is 370 g/mol. The standard InChI is InChI=1S/C15H19ClF3NO4/c1-14(2)6-10(21)11(13(23)24-14)12(22)20-7-3-4-9(16)8(5-7)15(17,18)19/h7-9,11H,3-6H2,1-2H3,(H,20,22). The summed E-state index contributed by atoms with van der Waals surface area (Å²) in [4.78, 5) is 36.1. The zero-order valence-corrected chi connectivity index (χ0v) is 14.0. The van der Waals surface area contributed by atoms with Crippen molar-refractivity contribution in [2.75, 3.05) is 0 Å². The smallest absolute Gasteiger partial charge is 0.393 e. The van der Waals surface area contributed by atoms with Crippen LogP contribution >= 0.6 is 11.6 Å². The number of hydrogen-bond acceptors (Lipinski definition) is 4. The second-order valence-corrected chi connectivity index (χ2v) is 7.50. The number of alkyl halides is 4. The Morgan fingerprint density at radius 1 is 1.29 bits per heavy atom. The van der Waals surface area contributed by atoms with E-state index in [0.29, 0.717) is 0 Å². The molecule has 1 amide bonds. The molecule has 0 spiro atoms. The van der Waals surface area contributed by atoms with Gasteiger partial charge in [-0.25, -0.2) is 0 Å². The van der Waals surface area contributed by atoms with Gasteiger partial charge in [0.25, 0.3) is 0 Å². The molecule has 1 aliphatic heterocycles. The van der Waals surface area contributed by atoms with Crippen molar-refractivity contribution in [1.82, 2.24) is 5.32 Å². The van der Waals surface area contributed by atoms with E-state index in [-0.39, 0.29) is 25.7 Å². The number of rotatable bonds is 2. The number of amides is 1. The van der Waals surface area contributed by atoms with Crippen LogP contribution in [0.4, 0.5) is 13.2 Å². The van der Waals surface area contributed by atoms with Crippen molar-refractivity contribution in [1.29, 1.82) is 0 Å². The Morgan fingerprint density at radius 3 is 2.46 bits per heavy atom. The first kappa shape index (κ1) is 19.0. The summed E-state index contributed by atoms with van der Waals surface area (Å²) < 4.78 is 43.9. The monoisotopic (exact) mass is 369 g/mol. The van der Waals surface area contributed by atoms with Crippen molar-refractivity contribution in [2.45, 2.75) is 62.7 Å². The summed E-state index contributed by atoms with van der Waals surface area (Å²) in [6.45, 7) is 3.10. The van der Waals surface area contributed by atoms with E-state index in [1.165, 1.54) is 0 Å². The highest BCUT2D eigenvalue weighted by Gasteiger charge is 2.49. The van der Waals surface area contributed by atoms with E-state index in [0.717, 1.165) is 0 Å². The van der Waals surface area contributed by atoms with Crippen LogP contribution in [0.25, 0.3) is 0 Å². The minimum atomic E-state index is -4.46. The van der Waals surface area contributed by atoms with Crippen molar-refractivity contribution in [3.8, 4) is 0 Å². The lowest BCUT2D eigenvalue weighted by atomic mass is 9.84. The predicted octanol–water partition coefficient (Wildman–Crippen LogP) is 2.35. The number of hydrogen-bond donors (Lipinski definition) is 1. The zero-order chi connectivity index (χ0) is 18.3. The van der Waals surface area contributed by atoms with Gasteiger partial charge < -0.3 is 10.1 Å². The Kier molecular flexibility index (Phi) is 5.18. The van der Waals surface area contributed by atoms with Crippen LogP contribution in [0.2, 0.25) is 0 Å². The summed E-state index contributed by atoms with van der Waals surface area (Å²) in [6.07, 6.45) is -4.60. The third kappa shape index (κ3) is 4.20. The van der Waals surface area contributed by atoms with E-state index in [2.05, 4.69) is 5.32 Å². The highest BCUT2D eigenvalue weighted by molar-refractivity contribution is 6.21. The van der Waals surface area contributed by atoms with Crippen LogP contribution in [0.5, 0.6) is 0 Å². The topological polar surface area (TPSA) is 72.5 Å². The molecule has 2 fully saturated rings. The fourth-order valence-corrected chi connectivity index (χ4v) is 3.53. The minimum absolute atomic E-state index is 0.0900. The molecular weight excluding hydrogens is 351 g/mol. The van der Waals surface area contributed by atoms with E-state index >= 15 is 0 Å². The van der Waals surface area contributed by atoms with Gasteiger partial charge in [-0.3, -0.25) is 14.4 Å². The van der Waals surface area contributed by atoms with E-state index in [4.69, 9.17) is 16.3 Å². The molecule has 0 radical (unpaired) electrons. The number of cyclic esters (lactones) is 1. The minimum Gasteiger partial charge on any atom is -0.458 e. The van der Waals surface area contributed by atoms with Crippen molar-refractivity contribution in [2.24, 2.45) is 11.8 Å². The van der Waals surface area contributed by atoms with Crippen molar-refractivity contribution >= 4 is 29.3 Å². The van der Waals surface area contributed by atoms with Crippen molar-refractivity contribution < 1.29 is 32.3 Å². The quantitative estimate of drug-likeness (QED) is 0.461. The highest BCUT2D eigenvalue weighted by atomic mass is 35.5. The molecule has 24 heavy (non-hydrogen) atoms. The third-order valence-corrected chi connectivity index (χ3v) is 4.85. The summed E-state index contributed by atoms with van der Waals surface area (Å²) in [5.41, 5.74) is -0.983. The number of nitrogens with one attached hydrogen (secondary N) is 1. The van der Waals surface area contributed by atoms with Gasteiger partial charge in [-0.15, -0.1) is 11.6 Å². The maximum Gasteiger partial charge on any atom is 0.393 e. The molecule has 0 aromatic rings. The van der Waals surface area contributed by atoms with Gasteiger partial charge in [-0.2, -0.15) is 13.2 Å². The number of ether oxygens (including phenoxy) is 1. The highest BCUT2D eigenvalue weighted by Crippen LogP contribution is 2.40. The van der Waals surface area contributed by atoms with Gasteiger partial charge in [-0.1, -0.05) is 0 Å². The van der Waals surface area contributed by atoms with Crippen LogP contribution in [-0.4, -0.2) is 40.9 Å². The normalized spacial score (nSPS) is 33.8. The molecular formula is C15H19ClF3NO4. The number of halogens is 4. The Hall–Kier alpha value is -1.31. The molecule has 2 aliphatic rings. The van der Waals surface area contributed by atoms with Gasteiger partial charge in [0.2, 0.25) is 5.91 Å². The first-order valence-corrected chi connectivity index (χ1v) is 8.11. The van der Waals surface area contributed by atoms with Crippen LogP contribution < -0.4 is 5.32 Å². The summed E-state index contributed by atoms with van der Waals surface area (Å²) in [6, 6.07) is -0.783. The van der Waals surface area contributed by atoms with Crippen LogP contribution in [0, 0.1) is 11.8 Å². The molecule has 136 valence electrons. The second kappa shape index (κ2) is 6.54. The SMILES string of the molecule is CC1(C)CC(=O)C(C(=O)NC2CCC(Cl)C(C(F)(F)F)C2)C(=O)O1. The molecule has 1 heterocycles. The fourth-order valence-electron chi connectivity index (χ4n) is 3.16. The largest absolute Gasteiger partial charge is 0.458 e. The summed E-state index contributed by atoms with van der Waals surface area (Å²) >= 11 is 5.73. The fraction of sp³-hybridized carbons (Fsp3) is 0.800. The van der Waals surface area contributed by atoms with E-state index < -0.39 is 52.7 Å². The van der Waals surface area contributed by atoms with E-state index in [1.807, 2.05) is 0 Å². The molecule has 0 aromatic heterocycles. The Balaban J connectivity index is 2.02. The van der Waals surface area contributed by atoms with Gasteiger partial charge in [0, 0.05) is 17.8 Å². The van der Waals surface area contributed by atoms with E-state index in [1.54, 1.807) is 13.8 Å². The van der Waals surface area contributed by atoms with Gasteiger partial charge in [0.15, 0.2) is 11.7 Å². The molecule has 5 nitrogen and oxygen atoms in total. The lowest BCUT2D eigenvalue weighted by Crippen LogP contribution is -2.53. The van der Waals surface area contributed by atoms with Crippen LogP contribution in [0.1, 0.15) is 39.5 Å². The molecule has 0 bridgehead atoms. The number of ketones is 1. The molecule has 2 rings (SSSR count).